The monoisotopic (exact) mass is 325 g/mol. The van der Waals surface area contributed by atoms with Gasteiger partial charge in [-0.15, -0.1) is 0 Å². The number of hydrogen-bond donors (Lipinski definition) is 2. The van der Waals surface area contributed by atoms with Gasteiger partial charge in [0.2, 0.25) is 5.91 Å². The Morgan fingerprint density at radius 1 is 1.53 bits per heavy atom. The fourth-order valence-corrected chi connectivity index (χ4v) is 3.13. The van der Waals surface area contributed by atoms with Gasteiger partial charge in [0.15, 0.2) is 0 Å². The van der Waals surface area contributed by atoms with E-state index in [1.807, 2.05) is 13.0 Å². The van der Waals surface area contributed by atoms with Gasteiger partial charge in [0.05, 0.1) is 5.41 Å². The molecule has 1 saturated heterocycles. The van der Waals surface area contributed by atoms with E-state index in [1.54, 1.807) is 7.05 Å². The maximum atomic E-state index is 11.9. The maximum Gasteiger partial charge on any atom is 0.227 e. The Hall–Kier alpha value is -1.07. The quantitative estimate of drug-likeness (QED) is 0.892. The third-order valence-electron chi connectivity index (χ3n) is 3.79. The summed E-state index contributed by atoms with van der Waals surface area (Å²) in [5, 5.41) is 2.76. The number of carbonyl (C=O) groups is 1. The van der Waals surface area contributed by atoms with Crippen molar-refractivity contribution < 1.29 is 4.79 Å². The van der Waals surface area contributed by atoms with Crippen LogP contribution in [0.25, 0.3) is 0 Å². The first-order chi connectivity index (χ1) is 8.98. The molecule has 1 fully saturated rings. The summed E-state index contributed by atoms with van der Waals surface area (Å²) in [6.45, 7) is 4.18. The topological polar surface area (TPSA) is 58.4 Å². The first kappa shape index (κ1) is 14.3. The normalized spacial score (nSPS) is 22.6. The molecule has 0 bridgehead atoms. The third kappa shape index (κ3) is 2.92. The second-order valence-corrected chi connectivity index (χ2v) is 6.25. The molecular formula is C14H20BrN3O. The van der Waals surface area contributed by atoms with Crippen LogP contribution in [0.5, 0.6) is 0 Å². The fourth-order valence-electron chi connectivity index (χ4n) is 2.60. The number of benzene rings is 1. The van der Waals surface area contributed by atoms with Crippen LogP contribution in [0.15, 0.2) is 22.7 Å². The zero-order valence-corrected chi connectivity index (χ0v) is 13.0. The molecule has 0 saturated carbocycles. The van der Waals surface area contributed by atoms with E-state index < -0.39 is 0 Å². The van der Waals surface area contributed by atoms with E-state index in [2.05, 4.69) is 38.3 Å². The summed E-state index contributed by atoms with van der Waals surface area (Å²) in [6.07, 6.45) is 0.872. The van der Waals surface area contributed by atoms with E-state index in [4.69, 9.17) is 5.73 Å². The number of rotatable bonds is 3. The molecule has 4 nitrogen and oxygen atoms in total. The van der Waals surface area contributed by atoms with Gasteiger partial charge in [0.1, 0.15) is 0 Å². The summed E-state index contributed by atoms with van der Waals surface area (Å²) in [6, 6.07) is 6.20. The molecule has 1 aliphatic rings. The van der Waals surface area contributed by atoms with Gasteiger partial charge in [0.25, 0.3) is 0 Å². The van der Waals surface area contributed by atoms with Crippen molar-refractivity contribution in [3.05, 3.63) is 28.2 Å². The van der Waals surface area contributed by atoms with Gasteiger partial charge in [-0.3, -0.25) is 4.79 Å². The van der Waals surface area contributed by atoms with Gasteiger partial charge in [-0.2, -0.15) is 0 Å². The number of nitrogens with zero attached hydrogens (tertiary/aromatic N) is 1. The largest absolute Gasteiger partial charge is 0.370 e. The van der Waals surface area contributed by atoms with Crippen LogP contribution in [-0.2, 0) is 11.3 Å². The highest BCUT2D eigenvalue weighted by Gasteiger charge is 2.39. The zero-order chi connectivity index (χ0) is 14.0. The van der Waals surface area contributed by atoms with Gasteiger partial charge >= 0.3 is 0 Å². The van der Waals surface area contributed by atoms with Crippen LogP contribution in [0.2, 0.25) is 0 Å². The molecule has 3 N–H and O–H groups in total. The second-order valence-electron chi connectivity index (χ2n) is 5.33. The van der Waals surface area contributed by atoms with Crippen molar-refractivity contribution in [3.8, 4) is 0 Å². The number of carbonyl (C=O) groups excluding carboxylic acids is 1. The van der Waals surface area contributed by atoms with Crippen LogP contribution in [0.4, 0.5) is 5.69 Å². The lowest BCUT2D eigenvalue weighted by atomic mass is 9.89. The molecule has 0 spiro atoms. The van der Waals surface area contributed by atoms with Crippen molar-refractivity contribution in [1.29, 1.82) is 0 Å². The minimum atomic E-state index is -0.306. The first-order valence-electron chi connectivity index (χ1n) is 6.45. The number of halogens is 1. The standard InChI is InChI=1S/C14H20BrN3O/c1-14(13(19)17-2)3-4-18(9-14)12-6-10(8-16)5-11(15)7-12/h5-7H,3-4,8-9,16H2,1-2H3,(H,17,19). The highest BCUT2D eigenvalue weighted by atomic mass is 79.9. The summed E-state index contributed by atoms with van der Waals surface area (Å²) < 4.78 is 1.03. The minimum absolute atomic E-state index is 0.115. The summed E-state index contributed by atoms with van der Waals surface area (Å²) >= 11 is 3.51. The van der Waals surface area contributed by atoms with Crippen molar-refractivity contribution in [2.24, 2.45) is 11.1 Å². The molecule has 1 aromatic rings. The van der Waals surface area contributed by atoms with E-state index in [1.165, 1.54) is 0 Å². The van der Waals surface area contributed by atoms with Gasteiger partial charge < -0.3 is 16.0 Å². The van der Waals surface area contributed by atoms with Crippen LogP contribution < -0.4 is 16.0 Å². The van der Waals surface area contributed by atoms with Crippen molar-refractivity contribution in [2.45, 2.75) is 19.9 Å². The molecule has 5 heteroatoms. The molecule has 0 radical (unpaired) electrons. The minimum Gasteiger partial charge on any atom is -0.370 e. The Morgan fingerprint density at radius 3 is 2.89 bits per heavy atom. The summed E-state index contributed by atoms with van der Waals surface area (Å²) in [4.78, 5) is 14.2. The Balaban J connectivity index is 2.21. The average Bonchev–Trinajstić information content (AvgIpc) is 2.81. The predicted molar refractivity (Wildman–Crippen MR) is 81.0 cm³/mol. The van der Waals surface area contributed by atoms with E-state index in [0.717, 1.165) is 35.2 Å². The van der Waals surface area contributed by atoms with E-state index in [0.29, 0.717) is 6.54 Å². The third-order valence-corrected chi connectivity index (χ3v) is 4.25. The molecular weight excluding hydrogens is 306 g/mol. The Morgan fingerprint density at radius 2 is 2.26 bits per heavy atom. The molecule has 1 aliphatic heterocycles. The molecule has 1 unspecified atom stereocenters. The smallest absolute Gasteiger partial charge is 0.227 e. The lowest BCUT2D eigenvalue weighted by Gasteiger charge is -2.24. The summed E-state index contributed by atoms with van der Waals surface area (Å²) in [5.74, 6) is 0.115. The Kier molecular flexibility index (Phi) is 4.16. The molecule has 104 valence electrons. The summed E-state index contributed by atoms with van der Waals surface area (Å²) in [7, 11) is 1.70. The first-order valence-corrected chi connectivity index (χ1v) is 7.24. The molecule has 0 aliphatic carbocycles. The Bertz CT molecular complexity index is 492. The van der Waals surface area contributed by atoms with Gasteiger partial charge in [-0.1, -0.05) is 15.9 Å². The van der Waals surface area contributed by atoms with Gasteiger partial charge in [-0.05, 0) is 37.1 Å². The van der Waals surface area contributed by atoms with E-state index >= 15 is 0 Å². The fraction of sp³-hybridized carbons (Fsp3) is 0.500. The van der Waals surface area contributed by atoms with Crippen molar-refractivity contribution in [1.82, 2.24) is 5.32 Å². The van der Waals surface area contributed by atoms with Crippen LogP contribution in [0, 0.1) is 5.41 Å². The average molecular weight is 326 g/mol. The zero-order valence-electron chi connectivity index (χ0n) is 11.4. The molecule has 19 heavy (non-hydrogen) atoms. The van der Waals surface area contributed by atoms with Crippen molar-refractivity contribution >= 4 is 27.5 Å². The van der Waals surface area contributed by atoms with Gasteiger partial charge in [-0.25, -0.2) is 0 Å². The van der Waals surface area contributed by atoms with Crippen LogP contribution in [0.3, 0.4) is 0 Å². The molecule has 1 atom stereocenters. The Labute approximate surface area is 122 Å². The lowest BCUT2D eigenvalue weighted by Crippen LogP contribution is -2.39. The van der Waals surface area contributed by atoms with E-state index in [9.17, 15) is 4.79 Å². The van der Waals surface area contributed by atoms with E-state index in [-0.39, 0.29) is 11.3 Å². The lowest BCUT2D eigenvalue weighted by molar-refractivity contribution is -0.128. The highest BCUT2D eigenvalue weighted by molar-refractivity contribution is 9.10. The molecule has 1 heterocycles. The second kappa shape index (κ2) is 5.51. The molecule has 1 amide bonds. The maximum absolute atomic E-state index is 11.9. The predicted octanol–water partition coefficient (Wildman–Crippen LogP) is 1.87. The number of anilines is 1. The number of nitrogens with one attached hydrogen (secondary N) is 1. The molecule has 2 rings (SSSR count). The van der Waals surface area contributed by atoms with Crippen molar-refractivity contribution in [2.75, 3.05) is 25.0 Å². The van der Waals surface area contributed by atoms with Crippen LogP contribution in [0.1, 0.15) is 18.9 Å². The molecule has 0 aromatic heterocycles. The number of nitrogens with two attached hydrogens (primary N) is 1. The summed E-state index contributed by atoms with van der Waals surface area (Å²) in [5.41, 5.74) is 7.62. The SMILES string of the molecule is CNC(=O)C1(C)CCN(c2cc(Br)cc(CN)c2)C1. The van der Waals surface area contributed by atoms with Crippen LogP contribution in [-0.4, -0.2) is 26.0 Å². The molecule has 1 aromatic carbocycles. The van der Waals surface area contributed by atoms with Crippen molar-refractivity contribution in [3.63, 3.8) is 0 Å². The van der Waals surface area contributed by atoms with Gasteiger partial charge in [0, 0.05) is 36.8 Å². The highest BCUT2D eigenvalue weighted by Crippen LogP contribution is 2.34. The number of hydrogen-bond acceptors (Lipinski definition) is 3. The number of amides is 1. The van der Waals surface area contributed by atoms with Crippen LogP contribution >= 0.6 is 15.9 Å².